The lowest BCUT2D eigenvalue weighted by Gasteiger charge is -2.26. The highest BCUT2D eigenvalue weighted by Gasteiger charge is 2.47. The summed E-state index contributed by atoms with van der Waals surface area (Å²) in [5.74, 6) is 0.0794. The fourth-order valence-corrected chi connectivity index (χ4v) is 5.04. The van der Waals surface area contributed by atoms with E-state index < -0.39 is 5.97 Å². The summed E-state index contributed by atoms with van der Waals surface area (Å²) >= 11 is 4.78. The molecule has 0 amide bonds. The van der Waals surface area contributed by atoms with Crippen molar-refractivity contribution >= 4 is 33.2 Å². The zero-order valence-corrected chi connectivity index (χ0v) is 11.2. The van der Waals surface area contributed by atoms with E-state index in [4.69, 9.17) is 0 Å². The number of halogens is 1. The maximum Gasteiger partial charge on any atom is 0.346 e. The Morgan fingerprint density at radius 3 is 2.69 bits per heavy atom. The predicted molar refractivity (Wildman–Crippen MR) is 67.2 cm³/mol. The SMILES string of the molecule is O=C(O)c1sc(Br)cc1C12CCC(CC1)C2. The van der Waals surface area contributed by atoms with Gasteiger partial charge in [-0.05, 0) is 71.0 Å². The van der Waals surface area contributed by atoms with Crippen molar-refractivity contribution in [3.63, 3.8) is 0 Å². The smallest absolute Gasteiger partial charge is 0.346 e. The number of fused-ring (bicyclic) bond motifs is 2. The van der Waals surface area contributed by atoms with Gasteiger partial charge in [0, 0.05) is 0 Å². The third-order valence-corrected chi connectivity index (χ3v) is 5.84. The zero-order valence-electron chi connectivity index (χ0n) is 8.83. The van der Waals surface area contributed by atoms with Crippen molar-refractivity contribution < 1.29 is 9.90 Å². The van der Waals surface area contributed by atoms with E-state index in [0.29, 0.717) is 4.88 Å². The van der Waals surface area contributed by atoms with Crippen LogP contribution in [0.4, 0.5) is 0 Å². The summed E-state index contributed by atoms with van der Waals surface area (Å²) in [4.78, 5) is 11.8. The first-order valence-electron chi connectivity index (χ1n) is 5.64. The van der Waals surface area contributed by atoms with Gasteiger partial charge in [0.1, 0.15) is 4.88 Å². The van der Waals surface area contributed by atoms with Crippen LogP contribution in [0.5, 0.6) is 0 Å². The largest absolute Gasteiger partial charge is 0.477 e. The van der Waals surface area contributed by atoms with Crippen LogP contribution >= 0.6 is 27.3 Å². The number of carbonyl (C=O) groups is 1. The van der Waals surface area contributed by atoms with Gasteiger partial charge in [-0.1, -0.05) is 0 Å². The summed E-state index contributed by atoms with van der Waals surface area (Å²) in [7, 11) is 0. The first-order chi connectivity index (χ1) is 7.61. The molecule has 2 nitrogen and oxygen atoms in total. The predicted octanol–water partition coefficient (Wildman–Crippen LogP) is 4.04. The molecule has 16 heavy (non-hydrogen) atoms. The maximum atomic E-state index is 11.3. The summed E-state index contributed by atoms with van der Waals surface area (Å²) in [6.45, 7) is 0. The molecule has 86 valence electrons. The zero-order chi connectivity index (χ0) is 11.3. The van der Waals surface area contributed by atoms with Crippen molar-refractivity contribution in [3.05, 3.63) is 20.3 Å². The second kappa shape index (κ2) is 3.57. The highest BCUT2D eigenvalue weighted by molar-refractivity contribution is 9.11. The third kappa shape index (κ3) is 1.46. The van der Waals surface area contributed by atoms with Gasteiger partial charge < -0.3 is 5.11 Å². The molecule has 0 aliphatic heterocycles. The summed E-state index contributed by atoms with van der Waals surface area (Å²) in [5, 5.41) is 9.25. The van der Waals surface area contributed by atoms with Gasteiger partial charge in [0.2, 0.25) is 0 Å². The highest BCUT2D eigenvalue weighted by Crippen LogP contribution is 2.57. The van der Waals surface area contributed by atoms with E-state index in [0.717, 1.165) is 15.3 Å². The van der Waals surface area contributed by atoms with E-state index in [2.05, 4.69) is 15.9 Å². The lowest BCUT2D eigenvalue weighted by molar-refractivity contribution is 0.0699. The molecule has 2 bridgehead atoms. The first kappa shape index (κ1) is 10.8. The highest BCUT2D eigenvalue weighted by atomic mass is 79.9. The molecule has 3 rings (SSSR count). The van der Waals surface area contributed by atoms with Gasteiger partial charge in [0.15, 0.2) is 0 Å². The Labute approximate surface area is 107 Å². The molecule has 0 saturated heterocycles. The second-order valence-corrected chi connectivity index (χ2v) is 7.46. The van der Waals surface area contributed by atoms with Gasteiger partial charge in [-0.3, -0.25) is 0 Å². The molecular weight excluding hydrogens is 288 g/mol. The number of carboxylic acids is 1. The summed E-state index contributed by atoms with van der Waals surface area (Å²) in [5.41, 5.74) is 1.29. The van der Waals surface area contributed by atoms with Crippen LogP contribution in [0.1, 0.15) is 47.3 Å². The van der Waals surface area contributed by atoms with E-state index >= 15 is 0 Å². The van der Waals surface area contributed by atoms with Crippen LogP contribution in [0.3, 0.4) is 0 Å². The van der Waals surface area contributed by atoms with E-state index in [1.165, 1.54) is 43.4 Å². The van der Waals surface area contributed by atoms with Crippen molar-refractivity contribution in [2.24, 2.45) is 5.92 Å². The number of aromatic carboxylic acids is 1. The fraction of sp³-hybridized carbons (Fsp3) is 0.583. The van der Waals surface area contributed by atoms with Gasteiger partial charge in [-0.15, -0.1) is 11.3 Å². The molecule has 0 atom stereocenters. The minimum absolute atomic E-state index is 0.195. The minimum atomic E-state index is -0.768. The van der Waals surface area contributed by atoms with E-state index in [1.807, 2.05) is 6.07 Å². The first-order valence-corrected chi connectivity index (χ1v) is 7.25. The van der Waals surface area contributed by atoms with E-state index in [1.54, 1.807) is 0 Å². The Hall–Kier alpha value is -0.350. The number of rotatable bonds is 2. The van der Waals surface area contributed by atoms with Gasteiger partial charge in [-0.2, -0.15) is 0 Å². The molecule has 0 spiro atoms. The Balaban J connectivity index is 2.09. The van der Waals surface area contributed by atoms with Crippen molar-refractivity contribution in [2.75, 3.05) is 0 Å². The van der Waals surface area contributed by atoms with Crippen LogP contribution in [-0.4, -0.2) is 11.1 Å². The van der Waals surface area contributed by atoms with Crippen LogP contribution in [0, 0.1) is 5.92 Å². The lowest BCUT2D eigenvalue weighted by Crippen LogP contribution is -2.21. The molecule has 2 aliphatic rings. The number of carboxylic acid groups (broad SMARTS) is 1. The van der Waals surface area contributed by atoms with E-state index in [9.17, 15) is 9.90 Å². The average Bonchev–Trinajstić information content (AvgIpc) is 2.89. The quantitative estimate of drug-likeness (QED) is 0.895. The van der Waals surface area contributed by atoms with E-state index in [-0.39, 0.29) is 5.41 Å². The Morgan fingerprint density at radius 2 is 2.19 bits per heavy atom. The van der Waals surface area contributed by atoms with Crippen molar-refractivity contribution in [2.45, 2.75) is 37.5 Å². The van der Waals surface area contributed by atoms with Gasteiger partial charge >= 0.3 is 5.97 Å². The third-order valence-electron chi connectivity index (χ3n) is 4.21. The van der Waals surface area contributed by atoms with Gasteiger partial charge in [0.25, 0.3) is 0 Å². The van der Waals surface area contributed by atoms with Crippen LogP contribution in [0.15, 0.2) is 9.85 Å². The number of hydrogen-bond acceptors (Lipinski definition) is 2. The molecule has 2 fully saturated rings. The molecule has 1 heterocycles. The van der Waals surface area contributed by atoms with Crippen LogP contribution < -0.4 is 0 Å². The van der Waals surface area contributed by atoms with Crippen molar-refractivity contribution in [3.8, 4) is 0 Å². The Morgan fingerprint density at radius 1 is 1.50 bits per heavy atom. The molecule has 2 aliphatic carbocycles. The number of thiophene rings is 1. The summed E-state index contributed by atoms with van der Waals surface area (Å²) in [6, 6.07) is 2.04. The average molecular weight is 301 g/mol. The van der Waals surface area contributed by atoms with Crippen LogP contribution in [-0.2, 0) is 5.41 Å². The molecule has 1 aromatic heterocycles. The minimum Gasteiger partial charge on any atom is -0.477 e. The molecule has 0 unspecified atom stereocenters. The molecule has 2 saturated carbocycles. The molecule has 1 N–H and O–H groups in total. The van der Waals surface area contributed by atoms with Crippen molar-refractivity contribution in [1.82, 2.24) is 0 Å². The molecular formula is C12H13BrO2S. The monoisotopic (exact) mass is 300 g/mol. The standard InChI is InChI=1S/C12H13BrO2S/c13-9-5-8(10(16-9)11(14)15)12-3-1-7(6-12)2-4-12/h5,7H,1-4,6H2,(H,14,15). The Bertz CT molecular complexity index is 444. The molecule has 0 radical (unpaired) electrons. The van der Waals surface area contributed by atoms with Crippen LogP contribution in [0.2, 0.25) is 0 Å². The Kier molecular flexibility index (Phi) is 2.41. The number of hydrogen-bond donors (Lipinski definition) is 1. The normalized spacial score (nSPS) is 32.2. The second-order valence-electron chi connectivity index (χ2n) is 5.03. The van der Waals surface area contributed by atoms with Gasteiger partial charge in [0.05, 0.1) is 3.79 Å². The van der Waals surface area contributed by atoms with Crippen molar-refractivity contribution in [1.29, 1.82) is 0 Å². The summed E-state index contributed by atoms with van der Waals surface area (Å²) in [6.07, 6.45) is 6.14. The van der Waals surface area contributed by atoms with Gasteiger partial charge in [-0.25, -0.2) is 4.79 Å². The molecule has 1 aromatic rings. The van der Waals surface area contributed by atoms with Crippen LogP contribution in [0.25, 0.3) is 0 Å². The fourth-order valence-electron chi connectivity index (χ4n) is 3.48. The maximum absolute atomic E-state index is 11.3. The lowest BCUT2D eigenvalue weighted by atomic mass is 9.78. The molecule has 0 aromatic carbocycles. The summed E-state index contributed by atoms with van der Waals surface area (Å²) < 4.78 is 0.949. The molecule has 4 heteroatoms. The topological polar surface area (TPSA) is 37.3 Å².